The number of aromatic nitrogens is 5. The summed E-state index contributed by atoms with van der Waals surface area (Å²) in [4.78, 5) is 3.96. The van der Waals surface area contributed by atoms with Crippen molar-refractivity contribution in [2.24, 2.45) is 0 Å². The molecule has 0 atom stereocenters. The van der Waals surface area contributed by atoms with Gasteiger partial charge < -0.3 is 4.42 Å². The van der Waals surface area contributed by atoms with Crippen LogP contribution in [-0.2, 0) is 6.54 Å². The summed E-state index contributed by atoms with van der Waals surface area (Å²) in [5, 5.41) is 9.80. The van der Waals surface area contributed by atoms with Gasteiger partial charge in [-0.05, 0) is 12.2 Å². The van der Waals surface area contributed by atoms with Crippen LogP contribution in [0.3, 0.4) is 0 Å². The van der Waals surface area contributed by atoms with Crippen molar-refractivity contribution in [3.63, 3.8) is 0 Å². The first-order valence-electron chi connectivity index (χ1n) is 3.65. The molecule has 0 amide bonds. The molecule has 2 heterocycles. The highest BCUT2D eigenvalue weighted by atomic mass is 32.1. The minimum atomic E-state index is 0.397. The van der Waals surface area contributed by atoms with E-state index in [0.717, 1.165) is 5.76 Å². The number of aromatic amines is 1. The van der Waals surface area contributed by atoms with Crippen molar-refractivity contribution in [1.82, 2.24) is 25.2 Å². The Morgan fingerprint density at radius 3 is 3.08 bits per heavy atom. The molecule has 2 aromatic rings. The Bertz CT molecular complexity index is 455. The van der Waals surface area contributed by atoms with Gasteiger partial charge in [0, 0.05) is 6.92 Å². The van der Waals surface area contributed by atoms with Gasteiger partial charge in [-0.3, -0.25) is 0 Å². The molecule has 6 nitrogen and oxygen atoms in total. The second-order valence-corrected chi connectivity index (χ2v) is 2.88. The van der Waals surface area contributed by atoms with Crippen molar-refractivity contribution in [3.05, 3.63) is 22.6 Å². The van der Waals surface area contributed by atoms with E-state index in [2.05, 4.69) is 20.5 Å². The smallest absolute Gasteiger partial charge is 0.238 e. The highest BCUT2D eigenvalue weighted by Crippen LogP contribution is 2.03. The van der Waals surface area contributed by atoms with Crippen LogP contribution in [0.1, 0.15) is 11.7 Å². The van der Waals surface area contributed by atoms with E-state index in [4.69, 9.17) is 16.6 Å². The molecule has 0 fully saturated rings. The highest BCUT2D eigenvalue weighted by Gasteiger charge is 2.02. The van der Waals surface area contributed by atoms with Crippen molar-refractivity contribution in [1.29, 1.82) is 0 Å². The number of H-pyrrole nitrogens is 1. The van der Waals surface area contributed by atoms with Gasteiger partial charge in [-0.1, -0.05) is 10.3 Å². The molecule has 2 aromatic heterocycles. The summed E-state index contributed by atoms with van der Waals surface area (Å²) < 4.78 is 7.25. The van der Waals surface area contributed by atoms with Gasteiger partial charge in [0.2, 0.25) is 4.77 Å². The summed E-state index contributed by atoms with van der Waals surface area (Å²) in [5.74, 6) is 1.36. The third kappa shape index (κ3) is 1.64. The van der Waals surface area contributed by atoms with Crippen LogP contribution in [0.2, 0.25) is 0 Å². The summed E-state index contributed by atoms with van der Waals surface area (Å²) in [6, 6.07) is 0. The number of hydrogen-bond donors (Lipinski definition) is 1. The summed E-state index contributed by atoms with van der Waals surface area (Å²) in [6.07, 6.45) is 1.65. The molecule has 0 saturated carbocycles. The maximum atomic E-state index is 5.26. The Morgan fingerprint density at radius 2 is 2.54 bits per heavy atom. The molecule has 1 N–H and O–H groups in total. The number of tetrazole rings is 1. The second-order valence-electron chi connectivity index (χ2n) is 2.51. The van der Waals surface area contributed by atoms with Gasteiger partial charge in [0.25, 0.3) is 0 Å². The first-order chi connectivity index (χ1) is 6.25. The van der Waals surface area contributed by atoms with Gasteiger partial charge in [0.05, 0.1) is 6.20 Å². The minimum absolute atomic E-state index is 0.397. The fourth-order valence-corrected chi connectivity index (χ4v) is 1.10. The van der Waals surface area contributed by atoms with Crippen molar-refractivity contribution in [2.75, 3.05) is 0 Å². The number of rotatable bonds is 2. The zero-order valence-electron chi connectivity index (χ0n) is 6.89. The molecule has 0 saturated heterocycles. The molecule has 0 radical (unpaired) electrons. The average molecular weight is 197 g/mol. The standard InChI is InChI=1S/C6H7N5OS/c1-4-7-2-5(12-4)3-11-6(13)8-9-10-11/h2H,3H2,1H3,(H,8,10,13). The van der Waals surface area contributed by atoms with Gasteiger partial charge in [-0.15, -0.1) is 0 Å². The Kier molecular flexibility index (Phi) is 1.93. The molecule has 0 aliphatic carbocycles. The summed E-state index contributed by atoms with van der Waals surface area (Å²) in [5.41, 5.74) is 0. The van der Waals surface area contributed by atoms with Crippen LogP contribution in [0.15, 0.2) is 10.6 Å². The minimum Gasteiger partial charge on any atom is -0.444 e. The Labute approximate surface area is 78.6 Å². The molecule has 0 aromatic carbocycles. The lowest BCUT2D eigenvalue weighted by Gasteiger charge is -1.94. The molecule has 0 bridgehead atoms. The zero-order valence-corrected chi connectivity index (χ0v) is 7.71. The number of aryl methyl sites for hydroxylation is 1. The van der Waals surface area contributed by atoms with E-state index in [-0.39, 0.29) is 0 Å². The summed E-state index contributed by atoms with van der Waals surface area (Å²) >= 11 is 4.89. The molecule has 13 heavy (non-hydrogen) atoms. The summed E-state index contributed by atoms with van der Waals surface area (Å²) in [7, 11) is 0. The quantitative estimate of drug-likeness (QED) is 0.717. The monoisotopic (exact) mass is 197 g/mol. The zero-order chi connectivity index (χ0) is 9.26. The van der Waals surface area contributed by atoms with Crippen LogP contribution in [-0.4, -0.2) is 25.2 Å². The van der Waals surface area contributed by atoms with E-state index < -0.39 is 0 Å². The lowest BCUT2D eigenvalue weighted by molar-refractivity contribution is 0.448. The Balaban J connectivity index is 2.24. The fraction of sp³-hybridized carbons (Fsp3) is 0.333. The molecule has 68 valence electrons. The molecule has 0 unspecified atom stereocenters. The average Bonchev–Trinajstić information content (AvgIpc) is 2.64. The third-order valence-corrected chi connectivity index (χ3v) is 1.82. The van der Waals surface area contributed by atoms with E-state index in [1.807, 2.05) is 0 Å². The second kappa shape index (κ2) is 3.09. The van der Waals surface area contributed by atoms with E-state index in [9.17, 15) is 0 Å². The van der Waals surface area contributed by atoms with Gasteiger partial charge >= 0.3 is 0 Å². The first-order valence-corrected chi connectivity index (χ1v) is 4.06. The molecular weight excluding hydrogens is 190 g/mol. The van der Waals surface area contributed by atoms with Crippen molar-refractivity contribution >= 4 is 12.2 Å². The van der Waals surface area contributed by atoms with Crippen molar-refractivity contribution in [2.45, 2.75) is 13.5 Å². The van der Waals surface area contributed by atoms with Crippen LogP contribution >= 0.6 is 12.2 Å². The predicted molar refractivity (Wildman–Crippen MR) is 45.5 cm³/mol. The Morgan fingerprint density at radius 1 is 1.69 bits per heavy atom. The van der Waals surface area contributed by atoms with Gasteiger partial charge in [-0.2, -0.15) is 5.21 Å². The maximum absolute atomic E-state index is 5.26. The normalized spacial score (nSPS) is 10.5. The lowest BCUT2D eigenvalue weighted by atomic mass is 10.5. The number of oxazole rings is 1. The Hall–Kier alpha value is -1.50. The van der Waals surface area contributed by atoms with E-state index in [0.29, 0.717) is 17.2 Å². The van der Waals surface area contributed by atoms with Crippen LogP contribution in [0.4, 0.5) is 0 Å². The largest absolute Gasteiger partial charge is 0.444 e. The van der Waals surface area contributed by atoms with E-state index in [1.165, 1.54) is 0 Å². The third-order valence-electron chi connectivity index (χ3n) is 1.51. The number of nitrogens with one attached hydrogen (secondary N) is 1. The van der Waals surface area contributed by atoms with Crippen LogP contribution < -0.4 is 0 Å². The van der Waals surface area contributed by atoms with Gasteiger partial charge in [0.15, 0.2) is 5.89 Å². The molecule has 7 heteroatoms. The topological polar surface area (TPSA) is 72.5 Å². The predicted octanol–water partition coefficient (Wildman–Crippen LogP) is 0.680. The number of hydrogen-bond acceptors (Lipinski definition) is 5. The number of nitrogens with zero attached hydrogens (tertiary/aromatic N) is 4. The molecule has 0 aliphatic rings. The fourth-order valence-electron chi connectivity index (χ4n) is 0.953. The van der Waals surface area contributed by atoms with Crippen molar-refractivity contribution < 1.29 is 4.42 Å². The summed E-state index contributed by atoms with van der Waals surface area (Å²) in [6.45, 7) is 2.26. The lowest BCUT2D eigenvalue weighted by Crippen LogP contribution is -2.00. The SMILES string of the molecule is Cc1ncc(Cn2[nH]nnc2=S)o1. The van der Waals surface area contributed by atoms with Gasteiger partial charge in [0.1, 0.15) is 12.3 Å². The van der Waals surface area contributed by atoms with Crippen molar-refractivity contribution in [3.8, 4) is 0 Å². The molecule has 0 aliphatic heterocycles. The van der Waals surface area contributed by atoms with Crippen LogP contribution in [0, 0.1) is 11.7 Å². The molecule has 0 spiro atoms. The molecular formula is C6H7N5OS. The molecule has 2 rings (SSSR count). The van der Waals surface area contributed by atoms with E-state index in [1.54, 1.807) is 17.8 Å². The maximum Gasteiger partial charge on any atom is 0.238 e. The van der Waals surface area contributed by atoms with Gasteiger partial charge in [-0.25, -0.2) is 9.67 Å². The van der Waals surface area contributed by atoms with Crippen LogP contribution in [0.25, 0.3) is 0 Å². The first kappa shape index (κ1) is 8.11. The van der Waals surface area contributed by atoms with E-state index >= 15 is 0 Å². The highest BCUT2D eigenvalue weighted by molar-refractivity contribution is 7.71. The van der Waals surface area contributed by atoms with Crippen LogP contribution in [0.5, 0.6) is 0 Å².